The molecule has 0 amide bonds. The number of carbonyl (C=O) groups is 1. The third-order valence-electron chi connectivity index (χ3n) is 9.28. The highest BCUT2D eigenvalue weighted by Crippen LogP contribution is 2.66. The molecule has 3 fully saturated rings. The minimum atomic E-state index is -0.251. The number of hydrogen-bond donors (Lipinski definition) is 1. The summed E-state index contributed by atoms with van der Waals surface area (Å²) in [5, 5.41) is 10.1. The van der Waals surface area contributed by atoms with Crippen molar-refractivity contribution in [2.24, 2.45) is 40.4 Å². The highest BCUT2D eigenvalue weighted by molar-refractivity contribution is 5.94. The van der Waals surface area contributed by atoms with Crippen LogP contribution in [0.4, 0.5) is 0 Å². The molecule has 0 radical (unpaired) electrons. The lowest BCUT2D eigenvalue weighted by Crippen LogP contribution is -2.53. The lowest BCUT2D eigenvalue weighted by molar-refractivity contribution is -0.135. The molecule has 0 aliphatic heterocycles. The van der Waals surface area contributed by atoms with E-state index in [-0.39, 0.29) is 17.4 Å². The van der Waals surface area contributed by atoms with Crippen molar-refractivity contribution in [2.75, 3.05) is 0 Å². The van der Waals surface area contributed by atoms with Crippen LogP contribution in [-0.4, -0.2) is 17.0 Å². The Bertz CT molecular complexity index is 710. The standard InChI is InChI=1S/C25H36O2/c1-5-6-7-16(2)19-8-9-20-23-21(11-13-25(19,20)4)24(3)12-10-18(26)14-17(24)15-22(23)27/h15-16,18-21,23,26H,7-14H2,1-4H3/t16?,18-,19+,20?,21?,23-,24-,25+/m0/s1. The third-order valence-corrected chi connectivity index (χ3v) is 9.28. The van der Waals surface area contributed by atoms with E-state index < -0.39 is 0 Å². The minimum Gasteiger partial charge on any atom is -0.393 e. The summed E-state index contributed by atoms with van der Waals surface area (Å²) in [7, 11) is 0. The van der Waals surface area contributed by atoms with Crippen LogP contribution in [-0.2, 0) is 4.79 Å². The highest BCUT2D eigenvalue weighted by Gasteiger charge is 2.61. The van der Waals surface area contributed by atoms with Gasteiger partial charge >= 0.3 is 0 Å². The monoisotopic (exact) mass is 368 g/mol. The molecule has 8 atom stereocenters. The van der Waals surface area contributed by atoms with Crippen molar-refractivity contribution in [2.45, 2.75) is 85.2 Å². The fraction of sp³-hybridized carbons (Fsp3) is 0.800. The van der Waals surface area contributed by atoms with Gasteiger partial charge in [0.25, 0.3) is 0 Å². The first kappa shape index (κ1) is 19.3. The lowest BCUT2D eigenvalue weighted by atomic mass is 9.46. The van der Waals surface area contributed by atoms with E-state index in [9.17, 15) is 9.90 Å². The average Bonchev–Trinajstić information content (AvgIpc) is 2.98. The Labute approximate surface area is 165 Å². The first-order valence-corrected chi connectivity index (χ1v) is 11.1. The van der Waals surface area contributed by atoms with Crippen LogP contribution in [0.3, 0.4) is 0 Å². The zero-order valence-corrected chi connectivity index (χ0v) is 17.6. The molecule has 4 aliphatic carbocycles. The maximum Gasteiger partial charge on any atom is 0.159 e. The molecule has 0 heterocycles. The van der Waals surface area contributed by atoms with E-state index in [2.05, 4.69) is 32.6 Å². The number of aliphatic hydroxyl groups is 1. The number of rotatable bonds is 2. The molecule has 4 rings (SSSR count). The fourth-order valence-electron chi connectivity index (χ4n) is 7.76. The number of ketones is 1. The second-order valence-corrected chi connectivity index (χ2v) is 10.5. The molecular weight excluding hydrogens is 332 g/mol. The van der Waals surface area contributed by atoms with Crippen molar-refractivity contribution < 1.29 is 9.90 Å². The van der Waals surface area contributed by atoms with Gasteiger partial charge in [-0.05, 0) is 92.4 Å². The van der Waals surface area contributed by atoms with Gasteiger partial charge in [-0.25, -0.2) is 0 Å². The van der Waals surface area contributed by atoms with Gasteiger partial charge in [-0.15, -0.1) is 11.8 Å². The summed E-state index contributed by atoms with van der Waals surface area (Å²) in [6, 6.07) is 0. The van der Waals surface area contributed by atoms with E-state index in [1.807, 2.05) is 13.0 Å². The molecule has 1 N–H and O–H groups in total. The Morgan fingerprint density at radius 3 is 2.70 bits per heavy atom. The number of fused-ring (bicyclic) bond motifs is 5. The van der Waals surface area contributed by atoms with E-state index in [0.717, 1.165) is 19.3 Å². The van der Waals surface area contributed by atoms with Gasteiger partial charge in [0, 0.05) is 12.3 Å². The third kappa shape index (κ3) is 2.84. The highest BCUT2D eigenvalue weighted by atomic mass is 16.3. The first-order valence-electron chi connectivity index (χ1n) is 11.1. The van der Waals surface area contributed by atoms with Crippen molar-refractivity contribution in [1.82, 2.24) is 0 Å². The van der Waals surface area contributed by atoms with E-state index in [1.54, 1.807) is 0 Å². The van der Waals surface area contributed by atoms with Crippen LogP contribution >= 0.6 is 0 Å². The maximum absolute atomic E-state index is 13.3. The van der Waals surface area contributed by atoms with Crippen molar-refractivity contribution >= 4 is 5.78 Å². The van der Waals surface area contributed by atoms with E-state index in [4.69, 9.17) is 0 Å². The second kappa shape index (κ2) is 6.77. The maximum atomic E-state index is 13.3. The first-order chi connectivity index (χ1) is 12.8. The fourth-order valence-corrected chi connectivity index (χ4v) is 7.76. The molecule has 0 aromatic rings. The minimum absolute atomic E-state index is 0.135. The molecule has 0 aromatic heterocycles. The van der Waals surface area contributed by atoms with Gasteiger partial charge in [-0.1, -0.05) is 26.3 Å². The zero-order chi connectivity index (χ0) is 19.4. The van der Waals surface area contributed by atoms with Crippen molar-refractivity contribution in [3.8, 4) is 11.8 Å². The van der Waals surface area contributed by atoms with Crippen molar-refractivity contribution in [1.29, 1.82) is 0 Å². The van der Waals surface area contributed by atoms with E-state index >= 15 is 0 Å². The quantitative estimate of drug-likeness (QED) is 0.684. The predicted molar refractivity (Wildman–Crippen MR) is 109 cm³/mol. The van der Waals surface area contributed by atoms with Gasteiger partial charge in [0.2, 0.25) is 0 Å². The Morgan fingerprint density at radius 1 is 1.19 bits per heavy atom. The molecule has 0 aromatic carbocycles. The predicted octanol–water partition coefficient (Wildman–Crippen LogP) is 5.15. The van der Waals surface area contributed by atoms with Crippen molar-refractivity contribution in [3.63, 3.8) is 0 Å². The number of carbonyl (C=O) groups excluding carboxylic acids is 1. The van der Waals surface area contributed by atoms with Crippen LogP contribution in [0.15, 0.2) is 11.6 Å². The molecule has 27 heavy (non-hydrogen) atoms. The number of allylic oxidation sites excluding steroid dienone is 1. The second-order valence-electron chi connectivity index (χ2n) is 10.5. The van der Waals surface area contributed by atoms with Crippen LogP contribution in [0, 0.1) is 52.3 Å². The van der Waals surface area contributed by atoms with Crippen LogP contribution < -0.4 is 0 Å². The number of hydrogen-bond acceptors (Lipinski definition) is 2. The molecule has 148 valence electrons. The summed E-state index contributed by atoms with van der Waals surface area (Å²) in [6.07, 6.45) is 10.3. The molecule has 0 bridgehead atoms. The Kier molecular flexibility index (Phi) is 4.83. The molecule has 0 spiro atoms. The summed E-state index contributed by atoms with van der Waals surface area (Å²) in [6.45, 7) is 9.19. The summed E-state index contributed by atoms with van der Waals surface area (Å²) in [5.41, 5.74) is 1.68. The molecule has 2 heteroatoms. The summed E-state index contributed by atoms with van der Waals surface area (Å²) < 4.78 is 0. The summed E-state index contributed by atoms with van der Waals surface area (Å²) in [5.74, 6) is 9.29. The van der Waals surface area contributed by atoms with E-state index in [0.29, 0.717) is 41.3 Å². The smallest absolute Gasteiger partial charge is 0.159 e. The molecule has 2 nitrogen and oxygen atoms in total. The van der Waals surface area contributed by atoms with E-state index in [1.165, 1.54) is 31.3 Å². The zero-order valence-electron chi connectivity index (χ0n) is 17.6. The topological polar surface area (TPSA) is 37.3 Å². The van der Waals surface area contributed by atoms with Crippen LogP contribution in [0.1, 0.15) is 79.1 Å². The van der Waals surface area contributed by atoms with Gasteiger partial charge in [0.05, 0.1) is 6.10 Å². The van der Waals surface area contributed by atoms with Crippen LogP contribution in [0.25, 0.3) is 0 Å². The molecule has 3 unspecified atom stereocenters. The van der Waals surface area contributed by atoms with Crippen molar-refractivity contribution in [3.05, 3.63) is 11.6 Å². The van der Waals surface area contributed by atoms with Crippen LogP contribution in [0.5, 0.6) is 0 Å². The molecule has 3 saturated carbocycles. The molecule has 0 saturated heterocycles. The molecule has 4 aliphatic rings. The Morgan fingerprint density at radius 2 is 1.96 bits per heavy atom. The van der Waals surface area contributed by atoms with Gasteiger partial charge < -0.3 is 5.11 Å². The normalized spacial score (nSPS) is 47.1. The van der Waals surface area contributed by atoms with Gasteiger partial charge in [0.15, 0.2) is 5.78 Å². The Hall–Kier alpha value is -1.07. The van der Waals surface area contributed by atoms with Crippen LogP contribution in [0.2, 0.25) is 0 Å². The number of aliphatic hydroxyl groups excluding tert-OH is 1. The SMILES string of the molecule is CC#CCC(C)[C@H]1CCC2[C@@H]3C(=O)C=C4C[C@@H](O)CC[C@]4(C)C3CC[C@@]21C. The summed E-state index contributed by atoms with van der Waals surface area (Å²) in [4.78, 5) is 13.3. The Balaban J connectivity index is 1.64. The average molecular weight is 369 g/mol. The van der Waals surface area contributed by atoms with Gasteiger partial charge in [0.1, 0.15) is 0 Å². The van der Waals surface area contributed by atoms with Gasteiger partial charge in [-0.2, -0.15) is 0 Å². The van der Waals surface area contributed by atoms with Gasteiger partial charge in [-0.3, -0.25) is 4.79 Å². The molecular formula is C25H36O2. The lowest BCUT2D eigenvalue weighted by Gasteiger charge is -2.57. The largest absolute Gasteiger partial charge is 0.393 e. The summed E-state index contributed by atoms with van der Waals surface area (Å²) >= 11 is 0.